The minimum Gasteiger partial charge on any atom is -0.295 e. The molecule has 0 amide bonds. The van der Waals surface area contributed by atoms with Gasteiger partial charge in [-0.3, -0.25) is 4.79 Å². The first-order valence-electron chi connectivity index (χ1n) is 7.57. The Hall–Kier alpha value is -0.590. The van der Waals surface area contributed by atoms with E-state index in [0.29, 0.717) is 5.78 Å². The summed E-state index contributed by atoms with van der Waals surface area (Å²) >= 11 is 0. The average Bonchev–Trinajstić information content (AvgIpc) is 2.28. The van der Waals surface area contributed by atoms with Gasteiger partial charge in [-0.1, -0.05) is 51.5 Å². The quantitative estimate of drug-likeness (QED) is 0.555. The number of hydrogen-bond donors (Lipinski definition) is 0. The van der Waals surface area contributed by atoms with Crippen LogP contribution in [0.1, 0.15) is 84.0 Å². The van der Waals surface area contributed by atoms with E-state index in [0.717, 1.165) is 31.3 Å². The van der Waals surface area contributed by atoms with Crippen molar-refractivity contribution in [2.45, 2.75) is 84.0 Å². The van der Waals surface area contributed by atoms with Gasteiger partial charge in [0.2, 0.25) is 0 Å². The number of ketones is 1. The number of Topliss-reactive ketones (excluding diaryl/α,β-unsaturated/α-hetero) is 1. The normalized spacial score (nSPS) is 17.1. The molecule has 0 saturated heterocycles. The lowest BCUT2D eigenvalue weighted by molar-refractivity contribution is -0.115. The van der Waals surface area contributed by atoms with Crippen LogP contribution in [0.2, 0.25) is 0 Å². The molecule has 0 aromatic heterocycles. The standard InChI is InChI=1S/C16H28O/c1-2-3-4-6-11-14-16(17)15-12-9-7-5-8-10-13-15/h12H,2-11,13-14H2,1H3. The van der Waals surface area contributed by atoms with E-state index in [9.17, 15) is 4.79 Å². The van der Waals surface area contributed by atoms with Crippen molar-refractivity contribution in [1.82, 2.24) is 0 Å². The molecule has 1 aliphatic rings. The second-order valence-corrected chi connectivity index (χ2v) is 5.27. The van der Waals surface area contributed by atoms with E-state index in [2.05, 4.69) is 13.0 Å². The summed E-state index contributed by atoms with van der Waals surface area (Å²) in [5.41, 5.74) is 1.14. The molecule has 0 N–H and O–H groups in total. The lowest BCUT2D eigenvalue weighted by atomic mass is 9.95. The molecule has 1 heteroatoms. The van der Waals surface area contributed by atoms with E-state index >= 15 is 0 Å². The summed E-state index contributed by atoms with van der Waals surface area (Å²) in [6.45, 7) is 2.23. The highest BCUT2D eigenvalue weighted by Gasteiger charge is 2.10. The van der Waals surface area contributed by atoms with E-state index in [4.69, 9.17) is 0 Å². The summed E-state index contributed by atoms with van der Waals surface area (Å²) < 4.78 is 0. The van der Waals surface area contributed by atoms with Crippen molar-refractivity contribution in [1.29, 1.82) is 0 Å². The van der Waals surface area contributed by atoms with Gasteiger partial charge in [-0.15, -0.1) is 0 Å². The summed E-state index contributed by atoms with van der Waals surface area (Å²) in [6, 6.07) is 0. The van der Waals surface area contributed by atoms with Crippen LogP contribution in [0, 0.1) is 0 Å². The van der Waals surface area contributed by atoms with Gasteiger partial charge in [0, 0.05) is 6.42 Å². The molecule has 0 spiro atoms. The number of carbonyl (C=O) groups is 1. The third-order valence-electron chi connectivity index (χ3n) is 3.66. The Bertz CT molecular complexity index is 240. The maximum atomic E-state index is 12.0. The molecular formula is C16H28O. The third kappa shape index (κ3) is 6.65. The Morgan fingerprint density at radius 3 is 2.65 bits per heavy atom. The minimum absolute atomic E-state index is 0.434. The first-order chi connectivity index (χ1) is 8.34. The van der Waals surface area contributed by atoms with Crippen LogP contribution >= 0.6 is 0 Å². The van der Waals surface area contributed by atoms with Crippen LogP contribution in [-0.2, 0) is 4.79 Å². The number of carbonyl (C=O) groups excluding carboxylic acids is 1. The van der Waals surface area contributed by atoms with Crippen molar-refractivity contribution < 1.29 is 4.79 Å². The highest BCUT2D eigenvalue weighted by Crippen LogP contribution is 2.19. The molecule has 0 unspecified atom stereocenters. The topological polar surface area (TPSA) is 17.1 Å². The Morgan fingerprint density at radius 1 is 1.06 bits per heavy atom. The van der Waals surface area contributed by atoms with Gasteiger partial charge in [0.25, 0.3) is 0 Å². The fraction of sp³-hybridized carbons (Fsp3) is 0.812. The zero-order valence-electron chi connectivity index (χ0n) is 11.5. The van der Waals surface area contributed by atoms with Gasteiger partial charge in [0.1, 0.15) is 0 Å². The molecule has 0 fully saturated rings. The lowest BCUT2D eigenvalue weighted by Crippen LogP contribution is -2.04. The second kappa shape index (κ2) is 9.44. The van der Waals surface area contributed by atoms with Crippen molar-refractivity contribution in [3.8, 4) is 0 Å². The largest absolute Gasteiger partial charge is 0.295 e. The molecular weight excluding hydrogens is 208 g/mol. The first-order valence-corrected chi connectivity index (χ1v) is 7.57. The van der Waals surface area contributed by atoms with Crippen LogP contribution in [-0.4, -0.2) is 5.78 Å². The molecule has 0 aromatic carbocycles. The predicted molar refractivity (Wildman–Crippen MR) is 74.2 cm³/mol. The van der Waals surface area contributed by atoms with E-state index in [1.54, 1.807) is 0 Å². The first kappa shape index (κ1) is 14.5. The molecule has 0 aliphatic heterocycles. The van der Waals surface area contributed by atoms with Gasteiger partial charge >= 0.3 is 0 Å². The highest BCUT2D eigenvalue weighted by atomic mass is 16.1. The van der Waals surface area contributed by atoms with E-state index < -0.39 is 0 Å². The summed E-state index contributed by atoms with van der Waals surface area (Å²) in [6.07, 6.45) is 16.5. The Morgan fingerprint density at radius 2 is 1.82 bits per heavy atom. The van der Waals surface area contributed by atoms with Crippen molar-refractivity contribution in [3.05, 3.63) is 11.6 Å². The van der Waals surface area contributed by atoms with Crippen LogP contribution in [0.25, 0.3) is 0 Å². The summed E-state index contributed by atoms with van der Waals surface area (Å²) in [5.74, 6) is 0.434. The maximum Gasteiger partial charge on any atom is 0.158 e. The molecule has 1 rings (SSSR count). The molecule has 0 heterocycles. The third-order valence-corrected chi connectivity index (χ3v) is 3.66. The monoisotopic (exact) mass is 236 g/mol. The van der Waals surface area contributed by atoms with E-state index in [-0.39, 0.29) is 0 Å². The molecule has 98 valence electrons. The zero-order chi connectivity index (χ0) is 12.3. The molecule has 0 radical (unpaired) electrons. The molecule has 0 aromatic rings. The summed E-state index contributed by atoms with van der Waals surface area (Å²) in [5, 5.41) is 0. The second-order valence-electron chi connectivity index (χ2n) is 5.27. The molecule has 0 bridgehead atoms. The molecule has 0 saturated carbocycles. The Balaban J connectivity index is 2.20. The summed E-state index contributed by atoms with van der Waals surface area (Å²) in [4.78, 5) is 12.0. The van der Waals surface area contributed by atoms with Gasteiger partial charge in [-0.2, -0.15) is 0 Å². The van der Waals surface area contributed by atoms with Gasteiger partial charge in [-0.05, 0) is 37.7 Å². The predicted octanol–water partition coefficient (Wildman–Crippen LogP) is 5.20. The highest BCUT2D eigenvalue weighted by molar-refractivity contribution is 5.95. The van der Waals surface area contributed by atoms with Crippen LogP contribution in [0.3, 0.4) is 0 Å². The molecule has 0 atom stereocenters. The molecule has 1 aliphatic carbocycles. The van der Waals surface area contributed by atoms with Crippen LogP contribution in [0.4, 0.5) is 0 Å². The SMILES string of the molecule is CCCCCCCC(=O)C1=CCCCCCC1. The van der Waals surface area contributed by atoms with Crippen LogP contribution in [0.15, 0.2) is 11.6 Å². The number of unbranched alkanes of at least 4 members (excludes halogenated alkanes) is 4. The zero-order valence-corrected chi connectivity index (χ0v) is 11.5. The summed E-state index contributed by atoms with van der Waals surface area (Å²) in [7, 11) is 0. The number of hydrogen-bond acceptors (Lipinski definition) is 1. The van der Waals surface area contributed by atoms with E-state index in [1.807, 2.05) is 0 Å². The average molecular weight is 236 g/mol. The van der Waals surface area contributed by atoms with Gasteiger partial charge in [0.15, 0.2) is 5.78 Å². The van der Waals surface area contributed by atoms with Crippen molar-refractivity contribution in [3.63, 3.8) is 0 Å². The van der Waals surface area contributed by atoms with Gasteiger partial charge < -0.3 is 0 Å². The Labute approximate surface area is 107 Å². The van der Waals surface area contributed by atoms with Crippen molar-refractivity contribution in [2.24, 2.45) is 0 Å². The van der Waals surface area contributed by atoms with Crippen LogP contribution < -0.4 is 0 Å². The fourth-order valence-electron chi connectivity index (χ4n) is 2.49. The molecule has 1 nitrogen and oxygen atoms in total. The van der Waals surface area contributed by atoms with Gasteiger partial charge in [0.05, 0.1) is 0 Å². The van der Waals surface area contributed by atoms with Crippen molar-refractivity contribution in [2.75, 3.05) is 0 Å². The fourth-order valence-corrected chi connectivity index (χ4v) is 2.49. The molecule has 17 heavy (non-hydrogen) atoms. The lowest BCUT2D eigenvalue weighted by Gasteiger charge is -2.10. The minimum atomic E-state index is 0.434. The van der Waals surface area contributed by atoms with Crippen molar-refractivity contribution >= 4 is 5.78 Å². The number of rotatable bonds is 7. The maximum absolute atomic E-state index is 12.0. The smallest absolute Gasteiger partial charge is 0.158 e. The Kier molecular flexibility index (Phi) is 8.04. The van der Waals surface area contributed by atoms with Gasteiger partial charge in [-0.25, -0.2) is 0 Å². The van der Waals surface area contributed by atoms with E-state index in [1.165, 1.54) is 51.4 Å². The number of allylic oxidation sites excluding steroid dienone is 2. The van der Waals surface area contributed by atoms with Crippen LogP contribution in [0.5, 0.6) is 0 Å².